The molecule has 2 amide bonds. The van der Waals surface area contributed by atoms with Crippen molar-refractivity contribution in [1.29, 1.82) is 0 Å². The van der Waals surface area contributed by atoms with E-state index >= 15 is 0 Å². The van der Waals surface area contributed by atoms with Gasteiger partial charge in [0.05, 0.1) is 18.7 Å². The Labute approximate surface area is 132 Å². The van der Waals surface area contributed by atoms with Crippen LogP contribution in [0.15, 0.2) is 11.8 Å². The molecule has 10 nitrogen and oxygen atoms in total. The van der Waals surface area contributed by atoms with Crippen LogP contribution in [0.25, 0.3) is 0 Å². The molecule has 10 heteroatoms. The van der Waals surface area contributed by atoms with Crippen LogP contribution in [0.5, 0.6) is 0 Å². The molecule has 0 radical (unpaired) electrons. The Morgan fingerprint density at radius 2 is 2.00 bits per heavy atom. The van der Waals surface area contributed by atoms with Crippen LogP contribution in [0.4, 0.5) is 4.79 Å². The van der Waals surface area contributed by atoms with Gasteiger partial charge in [-0.3, -0.25) is 0 Å². The van der Waals surface area contributed by atoms with Crippen molar-refractivity contribution in [3.8, 4) is 0 Å². The minimum absolute atomic E-state index is 0.160. The summed E-state index contributed by atoms with van der Waals surface area (Å²) in [6.07, 6.45) is -3.49. The van der Waals surface area contributed by atoms with E-state index in [2.05, 4.69) is 10.6 Å². The zero-order valence-electron chi connectivity index (χ0n) is 12.8. The molecule has 23 heavy (non-hydrogen) atoms. The molecule has 0 fully saturated rings. The van der Waals surface area contributed by atoms with E-state index in [9.17, 15) is 19.8 Å². The third-order valence-electron chi connectivity index (χ3n) is 3.22. The number of amides is 2. The summed E-state index contributed by atoms with van der Waals surface area (Å²) < 4.78 is 5.14. The highest BCUT2D eigenvalue weighted by atomic mass is 16.5. The van der Waals surface area contributed by atoms with E-state index < -0.39 is 54.8 Å². The number of ether oxygens (including phenoxy) is 1. The molecule has 0 saturated heterocycles. The van der Waals surface area contributed by atoms with Gasteiger partial charge in [0.1, 0.15) is 18.3 Å². The standard InChI is InChI=1S/C13H23N3O7/c1-5(2)15-13(22)16-9-6(14)3-8(12(20)21)23-11(9)10(19)7(18)4-17/h3,5-7,9-11,17-19H,4,14H2,1-2H3,(H,20,21)(H2,15,16,22)/t6-,7+,9+,10+,11+/m0/s1. The zero-order chi connectivity index (χ0) is 17.7. The minimum atomic E-state index is -1.65. The summed E-state index contributed by atoms with van der Waals surface area (Å²) in [5, 5.41) is 42.6. The van der Waals surface area contributed by atoms with Crippen molar-refractivity contribution in [2.24, 2.45) is 5.73 Å². The summed E-state index contributed by atoms with van der Waals surface area (Å²) in [5.41, 5.74) is 5.84. The lowest BCUT2D eigenvalue weighted by Crippen LogP contribution is -2.63. The summed E-state index contributed by atoms with van der Waals surface area (Å²) in [6.45, 7) is 2.70. The van der Waals surface area contributed by atoms with Crippen LogP contribution >= 0.6 is 0 Å². The monoisotopic (exact) mass is 333 g/mol. The number of nitrogens with two attached hydrogens (primary N) is 1. The smallest absolute Gasteiger partial charge is 0.370 e. The highest BCUT2D eigenvalue weighted by Crippen LogP contribution is 2.22. The molecule has 0 saturated carbocycles. The largest absolute Gasteiger partial charge is 0.478 e. The molecular weight excluding hydrogens is 310 g/mol. The molecule has 8 N–H and O–H groups in total. The number of carboxylic acids is 1. The summed E-state index contributed by atoms with van der Waals surface area (Å²) in [7, 11) is 0. The van der Waals surface area contributed by atoms with Gasteiger partial charge in [-0.2, -0.15) is 0 Å². The molecule has 1 aliphatic heterocycles. The molecule has 1 heterocycles. The van der Waals surface area contributed by atoms with E-state index in [1.54, 1.807) is 13.8 Å². The number of urea groups is 1. The zero-order valence-corrected chi connectivity index (χ0v) is 12.8. The van der Waals surface area contributed by atoms with Crippen LogP contribution in [-0.4, -0.2) is 75.5 Å². The van der Waals surface area contributed by atoms with Gasteiger partial charge in [0.2, 0.25) is 5.76 Å². The molecule has 1 aliphatic rings. The van der Waals surface area contributed by atoms with Crippen molar-refractivity contribution in [3.05, 3.63) is 11.8 Å². The molecule has 0 aromatic carbocycles. The lowest BCUT2D eigenvalue weighted by atomic mass is 9.93. The maximum Gasteiger partial charge on any atom is 0.370 e. The van der Waals surface area contributed by atoms with Gasteiger partial charge in [0.15, 0.2) is 0 Å². The SMILES string of the molecule is CC(C)NC(=O)N[C@H]1[C@H]([C@H](O)[C@H](O)CO)OC(C(=O)O)=C[C@@H]1N. The second kappa shape index (κ2) is 8.11. The lowest BCUT2D eigenvalue weighted by molar-refractivity contribution is -0.144. The molecule has 0 aromatic rings. The van der Waals surface area contributed by atoms with Crippen LogP contribution in [-0.2, 0) is 9.53 Å². The molecule has 0 aliphatic carbocycles. The fourth-order valence-electron chi connectivity index (χ4n) is 2.12. The summed E-state index contributed by atoms with van der Waals surface area (Å²) in [5.74, 6) is -1.91. The lowest BCUT2D eigenvalue weighted by Gasteiger charge is -2.38. The fourth-order valence-corrected chi connectivity index (χ4v) is 2.12. The van der Waals surface area contributed by atoms with Crippen molar-refractivity contribution < 1.29 is 34.8 Å². The molecule has 1 rings (SSSR count). The number of hydrogen-bond acceptors (Lipinski definition) is 7. The summed E-state index contributed by atoms with van der Waals surface area (Å²) in [6, 6.07) is -2.73. The van der Waals surface area contributed by atoms with Gasteiger partial charge >= 0.3 is 12.0 Å². The predicted octanol–water partition coefficient (Wildman–Crippen LogP) is -2.53. The second-order valence-corrected chi connectivity index (χ2v) is 5.53. The average molecular weight is 333 g/mol. The number of aliphatic carboxylic acids is 1. The van der Waals surface area contributed by atoms with Gasteiger partial charge < -0.3 is 41.5 Å². The Kier molecular flexibility index (Phi) is 6.76. The Morgan fingerprint density at radius 3 is 2.48 bits per heavy atom. The van der Waals surface area contributed by atoms with E-state index in [1.165, 1.54) is 0 Å². The van der Waals surface area contributed by atoms with Gasteiger partial charge in [-0.15, -0.1) is 0 Å². The van der Waals surface area contributed by atoms with Gasteiger partial charge in [-0.25, -0.2) is 9.59 Å². The van der Waals surface area contributed by atoms with Gasteiger partial charge in [0, 0.05) is 6.04 Å². The first kappa shape index (κ1) is 19.2. The normalized spacial score (nSPS) is 26.7. The van der Waals surface area contributed by atoms with Crippen molar-refractivity contribution in [1.82, 2.24) is 10.6 Å². The number of carbonyl (C=O) groups excluding carboxylic acids is 1. The number of nitrogens with one attached hydrogen (secondary N) is 2. The number of carbonyl (C=O) groups is 2. The molecule has 132 valence electrons. The molecule has 0 spiro atoms. The van der Waals surface area contributed by atoms with Crippen molar-refractivity contribution >= 4 is 12.0 Å². The quantitative estimate of drug-likeness (QED) is 0.278. The van der Waals surface area contributed by atoms with E-state index in [0.717, 1.165) is 6.08 Å². The Balaban J connectivity index is 3.00. The van der Waals surface area contributed by atoms with Gasteiger partial charge in [0.25, 0.3) is 0 Å². The van der Waals surface area contributed by atoms with E-state index in [4.69, 9.17) is 20.7 Å². The van der Waals surface area contributed by atoms with Crippen LogP contribution in [0, 0.1) is 0 Å². The number of rotatable bonds is 6. The first-order valence-electron chi connectivity index (χ1n) is 7.08. The molecule has 0 bridgehead atoms. The van der Waals surface area contributed by atoms with Crippen LogP contribution in [0.1, 0.15) is 13.8 Å². The van der Waals surface area contributed by atoms with Crippen molar-refractivity contribution in [2.75, 3.05) is 6.61 Å². The highest BCUT2D eigenvalue weighted by molar-refractivity contribution is 5.84. The molecular formula is C13H23N3O7. The topological polar surface area (TPSA) is 174 Å². The molecule has 0 aromatic heterocycles. The minimum Gasteiger partial charge on any atom is -0.478 e. The third kappa shape index (κ3) is 5.06. The predicted molar refractivity (Wildman–Crippen MR) is 78.3 cm³/mol. The first-order chi connectivity index (χ1) is 10.7. The highest BCUT2D eigenvalue weighted by Gasteiger charge is 2.42. The Bertz CT molecular complexity index is 468. The second-order valence-electron chi connectivity index (χ2n) is 5.53. The third-order valence-corrected chi connectivity index (χ3v) is 3.22. The maximum absolute atomic E-state index is 11.8. The first-order valence-corrected chi connectivity index (χ1v) is 7.08. The van der Waals surface area contributed by atoms with Crippen molar-refractivity contribution in [3.63, 3.8) is 0 Å². The van der Waals surface area contributed by atoms with E-state index in [1.807, 2.05) is 0 Å². The van der Waals surface area contributed by atoms with Crippen LogP contribution in [0.2, 0.25) is 0 Å². The number of aliphatic hydroxyl groups excluding tert-OH is 3. The number of hydrogen-bond donors (Lipinski definition) is 7. The molecule has 5 atom stereocenters. The maximum atomic E-state index is 11.8. The van der Waals surface area contributed by atoms with E-state index in [-0.39, 0.29) is 6.04 Å². The van der Waals surface area contributed by atoms with Crippen LogP contribution < -0.4 is 16.4 Å². The number of carboxylic acid groups (broad SMARTS) is 1. The van der Waals surface area contributed by atoms with Crippen LogP contribution in [0.3, 0.4) is 0 Å². The summed E-state index contributed by atoms with van der Waals surface area (Å²) >= 11 is 0. The number of aliphatic hydroxyl groups is 3. The van der Waals surface area contributed by atoms with Gasteiger partial charge in [-0.05, 0) is 19.9 Å². The fraction of sp³-hybridized carbons (Fsp3) is 0.692. The Morgan fingerprint density at radius 1 is 1.39 bits per heavy atom. The average Bonchev–Trinajstić information content (AvgIpc) is 2.46. The molecule has 0 unspecified atom stereocenters. The van der Waals surface area contributed by atoms with E-state index in [0.29, 0.717) is 0 Å². The summed E-state index contributed by atoms with van der Waals surface area (Å²) in [4.78, 5) is 22.9. The van der Waals surface area contributed by atoms with Gasteiger partial charge in [-0.1, -0.05) is 0 Å². The Hall–Kier alpha value is -1.88. The van der Waals surface area contributed by atoms with Crippen molar-refractivity contribution in [2.45, 2.75) is 50.3 Å².